The van der Waals surface area contributed by atoms with Crippen LogP contribution in [0.2, 0.25) is 0 Å². The summed E-state index contributed by atoms with van der Waals surface area (Å²) in [6.45, 7) is 4.74. The summed E-state index contributed by atoms with van der Waals surface area (Å²) in [7, 11) is 0. The summed E-state index contributed by atoms with van der Waals surface area (Å²) in [6.07, 6.45) is 0. The maximum Gasteiger partial charge on any atom is 0.0547 e. The fourth-order valence-corrected chi connectivity index (χ4v) is 10.6. The molecule has 11 aromatic rings. The largest absolute Gasteiger partial charge is 0.309 e. The van der Waals surface area contributed by atoms with Crippen molar-refractivity contribution in [3.05, 3.63) is 242 Å². The highest BCUT2D eigenvalue weighted by atomic mass is 15.1. The Hall–Kier alpha value is -7.94. The summed E-state index contributed by atoms with van der Waals surface area (Å²) in [6, 6.07) is 84.7. The Bertz CT molecular complexity index is 3530. The molecule has 0 spiro atoms. The molecule has 1 aliphatic carbocycles. The first-order valence-electron chi connectivity index (χ1n) is 21.9. The smallest absolute Gasteiger partial charge is 0.0547 e. The Labute approximate surface area is 368 Å². The lowest BCUT2D eigenvalue weighted by Crippen LogP contribution is -2.16. The molecule has 0 amide bonds. The first-order chi connectivity index (χ1) is 31.1. The third-order valence-corrected chi connectivity index (χ3v) is 13.4. The number of para-hydroxylation sites is 3. The van der Waals surface area contributed by atoms with Gasteiger partial charge in [-0.15, -0.1) is 0 Å². The standard InChI is InChI=1S/C61H44N2/c1-61(2)52-34-12-9-29-50(52)60-53(61)35-19-39-57(60)63(54-36-13-10-28-48(54)49-33-17-23-42-22-16-31-46(58(42)49)41-20-5-3-6-21-41)45-27-15-24-43(40-45)47-32-18-38-56-59(47)51-30-11-14-37-55(51)62(56)44-25-7-4-8-26-44/h3-40H,1-2H3. The zero-order valence-electron chi connectivity index (χ0n) is 35.3. The van der Waals surface area contributed by atoms with E-state index in [4.69, 9.17) is 0 Å². The van der Waals surface area contributed by atoms with Crippen LogP contribution in [-0.2, 0) is 5.41 Å². The molecule has 10 aromatic carbocycles. The Balaban J connectivity index is 1.13. The fourth-order valence-electron chi connectivity index (χ4n) is 10.6. The van der Waals surface area contributed by atoms with Crippen molar-refractivity contribution in [1.82, 2.24) is 4.57 Å². The van der Waals surface area contributed by atoms with Crippen LogP contribution in [0.3, 0.4) is 0 Å². The molecule has 0 saturated heterocycles. The minimum atomic E-state index is -0.155. The third kappa shape index (κ3) is 5.79. The maximum absolute atomic E-state index is 2.53. The molecule has 0 aliphatic heterocycles. The van der Waals surface area contributed by atoms with E-state index in [0.717, 1.165) is 22.7 Å². The average Bonchev–Trinajstić information content (AvgIpc) is 3.81. The number of hydrogen-bond donors (Lipinski definition) is 0. The van der Waals surface area contributed by atoms with Crippen LogP contribution in [0.4, 0.5) is 17.1 Å². The number of rotatable bonds is 7. The fraction of sp³-hybridized carbons (Fsp3) is 0.0492. The zero-order chi connectivity index (χ0) is 42.1. The van der Waals surface area contributed by atoms with Gasteiger partial charge in [0.1, 0.15) is 0 Å². The van der Waals surface area contributed by atoms with E-state index in [2.05, 4.69) is 254 Å². The molecule has 63 heavy (non-hydrogen) atoms. The van der Waals surface area contributed by atoms with Crippen molar-refractivity contribution in [2.45, 2.75) is 19.3 Å². The van der Waals surface area contributed by atoms with E-state index in [9.17, 15) is 0 Å². The van der Waals surface area contributed by atoms with Crippen LogP contribution in [0.15, 0.2) is 231 Å². The van der Waals surface area contributed by atoms with Crippen molar-refractivity contribution in [2.24, 2.45) is 0 Å². The van der Waals surface area contributed by atoms with Crippen LogP contribution in [-0.4, -0.2) is 4.57 Å². The summed E-state index contributed by atoms with van der Waals surface area (Å²) in [5.41, 5.74) is 19.3. The predicted molar refractivity (Wildman–Crippen MR) is 267 cm³/mol. The second-order valence-electron chi connectivity index (χ2n) is 17.2. The molecule has 0 bridgehead atoms. The van der Waals surface area contributed by atoms with Gasteiger partial charge in [-0.25, -0.2) is 0 Å². The highest BCUT2D eigenvalue weighted by molar-refractivity contribution is 6.16. The Morgan fingerprint density at radius 2 is 0.937 bits per heavy atom. The molecule has 2 heteroatoms. The van der Waals surface area contributed by atoms with Gasteiger partial charge in [0.15, 0.2) is 0 Å². The Morgan fingerprint density at radius 1 is 0.381 bits per heavy atom. The van der Waals surface area contributed by atoms with Gasteiger partial charge < -0.3 is 9.47 Å². The molecule has 0 radical (unpaired) electrons. The number of benzene rings is 10. The Kier molecular flexibility index (Phi) is 8.55. The van der Waals surface area contributed by atoms with Gasteiger partial charge in [0.2, 0.25) is 0 Å². The monoisotopic (exact) mass is 804 g/mol. The third-order valence-electron chi connectivity index (χ3n) is 13.4. The van der Waals surface area contributed by atoms with E-state index in [0.29, 0.717) is 0 Å². The summed E-state index contributed by atoms with van der Waals surface area (Å²) in [5.74, 6) is 0. The van der Waals surface area contributed by atoms with Crippen LogP contribution in [0.1, 0.15) is 25.0 Å². The lowest BCUT2D eigenvalue weighted by atomic mass is 9.82. The number of hydrogen-bond acceptors (Lipinski definition) is 1. The van der Waals surface area contributed by atoms with Gasteiger partial charge in [0.05, 0.1) is 22.4 Å². The summed E-state index contributed by atoms with van der Waals surface area (Å²) in [4.78, 5) is 2.53. The van der Waals surface area contributed by atoms with Crippen molar-refractivity contribution in [2.75, 3.05) is 4.90 Å². The first kappa shape index (κ1) is 36.9. The number of aromatic nitrogens is 1. The lowest BCUT2D eigenvalue weighted by Gasteiger charge is -2.31. The average molecular weight is 805 g/mol. The molecule has 1 aromatic heterocycles. The first-order valence-corrected chi connectivity index (χ1v) is 21.9. The minimum Gasteiger partial charge on any atom is -0.309 e. The molecule has 12 rings (SSSR count). The van der Waals surface area contributed by atoms with Gasteiger partial charge in [0, 0.05) is 38.7 Å². The number of fused-ring (bicyclic) bond motifs is 7. The second kappa shape index (κ2) is 14.6. The second-order valence-corrected chi connectivity index (χ2v) is 17.2. The molecule has 0 N–H and O–H groups in total. The molecule has 0 saturated carbocycles. The van der Waals surface area contributed by atoms with E-state index in [-0.39, 0.29) is 5.41 Å². The molecule has 0 atom stereocenters. The predicted octanol–water partition coefficient (Wildman–Crippen LogP) is 16.7. The molecule has 1 heterocycles. The van der Waals surface area contributed by atoms with E-state index in [1.165, 1.54) is 88.2 Å². The van der Waals surface area contributed by atoms with Crippen molar-refractivity contribution < 1.29 is 0 Å². The topological polar surface area (TPSA) is 8.17 Å². The summed E-state index contributed by atoms with van der Waals surface area (Å²) >= 11 is 0. The van der Waals surface area contributed by atoms with Gasteiger partial charge in [-0.05, 0) is 104 Å². The molecule has 1 aliphatic rings. The molecular formula is C61H44N2. The van der Waals surface area contributed by atoms with Crippen molar-refractivity contribution >= 4 is 49.6 Å². The van der Waals surface area contributed by atoms with Gasteiger partial charge in [-0.1, -0.05) is 196 Å². The van der Waals surface area contributed by atoms with Crippen LogP contribution in [0.25, 0.3) is 82.8 Å². The molecular weight excluding hydrogens is 761 g/mol. The number of anilines is 3. The van der Waals surface area contributed by atoms with E-state index < -0.39 is 0 Å². The van der Waals surface area contributed by atoms with Gasteiger partial charge >= 0.3 is 0 Å². The van der Waals surface area contributed by atoms with Crippen molar-refractivity contribution in [1.29, 1.82) is 0 Å². The summed E-state index contributed by atoms with van der Waals surface area (Å²) in [5, 5.41) is 4.96. The quantitative estimate of drug-likeness (QED) is 0.156. The molecule has 0 unspecified atom stereocenters. The SMILES string of the molecule is CC1(C)c2ccccc2-c2c(N(c3cccc(-c4cccc5c4c4ccccc4n5-c4ccccc4)c3)c3ccccc3-c3cccc4cccc(-c5ccccc5)c34)cccc21. The van der Waals surface area contributed by atoms with Gasteiger partial charge in [-0.2, -0.15) is 0 Å². The van der Waals surface area contributed by atoms with Gasteiger partial charge in [-0.3, -0.25) is 0 Å². The van der Waals surface area contributed by atoms with E-state index in [1.54, 1.807) is 0 Å². The lowest BCUT2D eigenvalue weighted by molar-refractivity contribution is 0.660. The van der Waals surface area contributed by atoms with Crippen LogP contribution in [0, 0.1) is 0 Å². The van der Waals surface area contributed by atoms with E-state index >= 15 is 0 Å². The van der Waals surface area contributed by atoms with Crippen molar-refractivity contribution in [3.63, 3.8) is 0 Å². The molecule has 298 valence electrons. The molecule has 2 nitrogen and oxygen atoms in total. The van der Waals surface area contributed by atoms with Gasteiger partial charge in [0.25, 0.3) is 0 Å². The molecule has 0 fully saturated rings. The van der Waals surface area contributed by atoms with Crippen LogP contribution in [0.5, 0.6) is 0 Å². The van der Waals surface area contributed by atoms with Crippen molar-refractivity contribution in [3.8, 4) is 50.2 Å². The highest BCUT2D eigenvalue weighted by Gasteiger charge is 2.38. The normalized spacial score (nSPS) is 12.7. The van der Waals surface area contributed by atoms with E-state index in [1.807, 2.05) is 0 Å². The van der Waals surface area contributed by atoms with Crippen LogP contribution >= 0.6 is 0 Å². The minimum absolute atomic E-state index is 0.155. The zero-order valence-corrected chi connectivity index (χ0v) is 35.3. The number of nitrogens with zero attached hydrogens (tertiary/aromatic N) is 2. The maximum atomic E-state index is 2.53. The highest BCUT2D eigenvalue weighted by Crippen LogP contribution is 2.55. The van der Waals surface area contributed by atoms with Crippen LogP contribution < -0.4 is 4.90 Å². The summed E-state index contributed by atoms with van der Waals surface area (Å²) < 4.78 is 2.40. The Morgan fingerprint density at radius 3 is 1.76 bits per heavy atom.